The molecule has 0 aliphatic carbocycles. The second kappa shape index (κ2) is 8.16. The average molecular weight is 332 g/mol. The fourth-order valence-corrected chi connectivity index (χ4v) is 2.39. The van der Waals surface area contributed by atoms with Crippen LogP contribution in [-0.4, -0.2) is 30.8 Å². The van der Waals surface area contributed by atoms with Gasteiger partial charge in [0.1, 0.15) is 11.5 Å². The molecule has 0 saturated heterocycles. The van der Waals surface area contributed by atoms with Gasteiger partial charge in [-0.25, -0.2) is 0 Å². The zero-order chi connectivity index (χ0) is 17.5. The van der Waals surface area contributed by atoms with Crippen molar-refractivity contribution < 1.29 is 19.5 Å². The number of para-hydroxylation sites is 1. The van der Waals surface area contributed by atoms with Crippen molar-refractivity contribution in [2.24, 2.45) is 0 Å². The molecule has 0 saturated carbocycles. The van der Waals surface area contributed by atoms with Gasteiger partial charge in [0.15, 0.2) is 5.75 Å². The van der Waals surface area contributed by atoms with E-state index in [1.807, 2.05) is 12.1 Å². The molecule has 0 amide bonds. The number of aromatic hydroxyl groups is 1. The maximum atomic E-state index is 11.0. The predicted molar refractivity (Wildman–Crippen MR) is 89.7 cm³/mol. The van der Waals surface area contributed by atoms with E-state index in [4.69, 9.17) is 9.47 Å². The molecule has 2 aromatic rings. The lowest BCUT2D eigenvalue weighted by Crippen LogP contribution is -2.17. The van der Waals surface area contributed by atoms with Crippen LogP contribution < -0.4 is 14.8 Å². The third kappa shape index (κ3) is 4.14. The van der Waals surface area contributed by atoms with E-state index in [1.165, 1.54) is 20.3 Å². The van der Waals surface area contributed by atoms with Crippen LogP contribution >= 0.6 is 0 Å². The summed E-state index contributed by atoms with van der Waals surface area (Å²) in [5, 5.41) is 24.0. The van der Waals surface area contributed by atoms with E-state index in [9.17, 15) is 15.2 Å². The molecule has 0 aromatic heterocycles. The van der Waals surface area contributed by atoms with Crippen LogP contribution in [0.4, 0.5) is 5.69 Å². The van der Waals surface area contributed by atoms with Crippen LogP contribution in [0.2, 0.25) is 0 Å². The average Bonchev–Trinajstić information content (AvgIpc) is 2.59. The third-order valence-corrected chi connectivity index (χ3v) is 3.66. The minimum absolute atomic E-state index is 0.125. The van der Waals surface area contributed by atoms with E-state index < -0.39 is 4.92 Å². The first-order valence-electron chi connectivity index (χ1n) is 7.43. The first-order valence-corrected chi connectivity index (χ1v) is 7.43. The first-order chi connectivity index (χ1) is 11.6. The second-order valence-corrected chi connectivity index (χ2v) is 5.15. The van der Waals surface area contributed by atoms with E-state index in [0.717, 1.165) is 11.1 Å². The van der Waals surface area contributed by atoms with E-state index in [2.05, 4.69) is 5.32 Å². The fraction of sp³-hybridized carbons (Fsp3) is 0.294. The normalized spacial score (nSPS) is 10.4. The number of nitro benzene ring substituents is 1. The van der Waals surface area contributed by atoms with E-state index in [1.54, 1.807) is 18.2 Å². The Hall–Kier alpha value is -2.80. The van der Waals surface area contributed by atoms with Gasteiger partial charge in [0.05, 0.1) is 25.2 Å². The van der Waals surface area contributed by atoms with Crippen molar-refractivity contribution in [3.8, 4) is 17.2 Å². The van der Waals surface area contributed by atoms with Crippen LogP contribution in [0.5, 0.6) is 17.2 Å². The van der Waals surface area contributed by atoms with Gasteiger partial charge in [-0.05, 0) is 30.7 Å². The number of rotatable bonds is 8. The number of nitrogens with zero attached hydrogens (tertiary/aromatic N) is 1. The summed E-state index contributed by atoms with van der Waals surface area (Å²) in [7, 11) is 2.87. The molecule has 2 N–H and O–H groups in total. The maximum absolute atomic E-state index is 11.0. The Morgan fingerprint density at radius 2 is 1.83 bits per heavy atom. The summed E-state index contributed by atoms with van der Waals surface area (Å²) < 4.78 is 10.3. The molecule has 0 unspecified atom stereocenters. The molecular formula is C17H20N2O5. The zero-order valence-electron chi connectivity index (χ0n) is 13.6. The van der Waals surface area contributed by atoms with Crippen molar-refractivity contribution in [2.75, 3.05) is 20.8 Å². The van der Waals surface area contributed by atoms with Crippen LogP contribution in [0.25, 0.3) is 0 Å². The van der Waals surface area contributed by atoms with Gasteiger partial charge in [-0.2, -0.15) is 0 Å². The molecule has 7 heteroatoms. The smallest absolute Gasteiger partial charge is 0.314 e. The first kappa shape index (κ1) is 17.6. The molecule has 0 spiro atoms. The van der Waals surface area contributed by atoms with E-state index >= 15 is 0 Å². The second-order valence-electron chi connectivity index (χ2n) is 5.15. The number of nitro groups is 1. The van der Waals surface area contributed by atoms with E-state index in [0.29, 0.717) is 25.3 Å². The molecular weight excluding hydrogens is 312 g/mol. The summed E-state index contributed by atoms with van der Waals surface area (Å²) in [6.07, 6.45) is 0.602. The van der Waals surface area contributed by atoms with Crippen LogP contribution in [-0.2, 0) is 13.0 Å². The van der Waals surface area contributed by atoms with Gasteiger partial charge in [-0.3, -0.25) is 10.1 Å². The lowest BCUT2D eigenvalue weighted by atomic mass is 10.1. The van der Waals surface area contributed by atoms with Gasteiger partial charge < -0.3 is 19.9 Å². The lowest BCUT2D eigenvalue weighted by Gasteiger charge is -2.12. The van der Waals surface area contributed by atoms with E-state index in [-0.39, 0.29) is 17.2 Å². The summed E-state index contributed by atoms with van der Waals surface area (Å²) in [5.74, 6) is 0.906. The molecule has 2 aromatic carbocycles. The fourth-order valence-electron chi connectivity index (χ4n) is 2.39. The summed E-state index contributed by atoms with van der Waals surface area (Å²) >= 11 is 0. The highest BCUT2D eigenvalue weighted by molar-refractivity contribution is 5.55. The number of nitrogens with one attached hydrogen (secondary N) is 1. The van der Waals surface area contributed by atoms with Crippen molar-refractivity contribution in [3.63, 3.8) is 0 Å². The number of phenols is 1. The Balaban J connectivity index is 2.04. The Labute approximate surface area is 140 Å². The Morgan fingerprint density at radius 1 is 1.12 bits per heavy atom. The standard InChI is InChI=1S/C17H20N2O5/c1-23-16-10-14(19(21)22)17(24-2)9-12(16)7-8-18-11-13-5-3-4-6-15(13)20/h3-6,9-10,18,20H,7-8,11H2,1-2H3. The minimum Gasteiger partial charge on any atom is -0.508 e. The molecule has 0 fully saturated rings. The van der Waals surface area contributed by atoms with Crippen LogP contribution in [0, 0.1) is 10.1 Å². The third-order valence-electron chi connectivity index (χ3n) is 3.66. The van der Waals surface area contributed by atoms with Crippen molar-refractivity contribution in [1.29, 1.82) is 0 Å². The van der Waals surface area contributed by atoms with Gasteiger partial charge in [0.2, 0.25) is 0 Å². The monoisotopic (exact) mass is 332 g/mol. The summed E-state index contributed by atoms with van der Waals surface area (Å²) in [6.45, 7) is 1.14. The van der Waals surface area contributed by atoms with Gasteiger partial charge in [-0.15, -0.1) is 0 Å². The van der Waals surface area contributed by atoms with Crippen molar-refractivity contribution in [3.05, 3.63) is 57.6 Å². The zero-order valence-corrected chi connectivity index (χ0v) is 13.6. The largest absolute Gasteiger partial charge is 0.508 e. The number of hydrogen-bond donors (Lipinski definition) is 2. The van der Waals surface area contributed by atoms with Gasteiger partial charge >= 0.3 is 5.69 Å². The number of phenolic OH excluding ortho intramolecular Hbond substituents is 1. The van der Waals surface area contributed by atoms with Crippen LogP contribution in [0.3, 0.4) is 0 Å². The Morgan fingerprint density at radius 3 is 2.46 bits per heavy atom. The summed E-state index contributed by atoms with van der Waals surface area (Å²) in [6, 6.07) is 10.1. The highest BCUT2D eigenvalue weighted by Gasteiger charge is 2.19. The molecule has 24 heavy (non-hydrogen) atoms. The highest BCUT2D eigenvalue weighted by atomic mass is 16.6. The van der Waals surface area contributed by atoms with Crippen molar-refractivity contribution in [1.82, 2.24) is 5.32 Å². The van der Waals surface area contributed by atoms with Crippen molar-refractivity contribution >= 4 is 5.69 Å². The summed E-state index contributed by atoms with van der Waals surface area (Å²) in [4.78, 5) is 10.5. The Kier molecular flexibility index (Phi) is 5.97. The summed E-state index contributed by atoms with van der Waals surface area (Å²) in [5.41, 5.74) is 1.50. The van der Waals surface area contributed by atoms with Gasteiger partial charge in [0.25, 0.3) is 0 Å². The maximum Gasteiger partial charge on any atom is 0.314 e. The highest BCUT2D eigenvalue weighted by Crippen LogP contribution is 2.34. The molecule has 128 valence electrons. The molecule has 0 heterocycles. The molecule has 0 atom stereocenters. The van der Waals surface area contributed by atoms with Crippen LogP contribution in [0.15, 0.2) is 36.4 Å². The molecule has 0 radical (unpaired) electrons. The number of methoxy groups -OCH3 is 2. The lowest BCUT2D eigenvalue weighted by molar-refractivity contribution is -0.385. The molecule has 7 nitrogen and oxygen atoms in total. The number of benzene rings is 2. The van der Waals surface area contributed by atoms with Gasteiger partial charge in [-0.1, -0.05) is 18.2 Å². The van der Waals surface area contributed by atoms with Gasteiger partial charge in [0, 0.05) is 12.1 Å². The minimum atomic E-state index is -0.498. The molecule has 2 rings (SSSR count). The van der Waals surface area contributed by atoms with Crippen LogP contribution in [0.1, 0.15) is 11.1 Å². The molecule has 0 aliphatic heterocycles. The quantitative estimate of drug-likeness (QED) is 0.438. The topological polar surface area (TPSA) is 93.9 Å². The molecule has 0 aliphatic rings. The number of hydrogen-bond acceptors (Lipinski definition) is 6. The Bertz CT molecular complexity index is 718. The van der Waals surface area contributed by atoms with Crippen molar-refractivity contribution in [2.45, 2.75) is 13.0 Å². The SMILES string of the molecule is COc1cc([N+](=O)[O-])c(OC)cc1CCNCc1ccccc1O. The molecule has 0 bridgehead atoms. The number of ether oxygens (including phenoxy) is 2. The predicted octanol–water partition coefficient (Wildman–Crippen LogP) is 2.65.